The molecule has 0 spiro atoms. The number of halogens is 1. The topological polar surface area (TPSA) is 63.1 Å². The average molecular weight is 380 g/mol. The number of aryl methyl sites for hydroxylation is 1. The Hall–Kier alpha value is -1.57. The summed E-state index contributed by atoms with van der Waals surface area (Å²) in [6.07, 6.45) is 1.66. The van der Waals surface area contributed by atoms with Crippen molar-refractivity contribution < 1.29 is 4.79 Å². The Kier molecular flexibility index (Phi) is 5.66. The first-order valence-corrected chi connectivity index (χ1v) is 9.24. The number of fused-ring (bicyclic) bond motifs is 1. The summed E-state index contributed by atoms with van der Waals surface area (Å²) in [6, 6.07) is 10.6. The van der Waals surface area contributed by atoms with Crippen LogP contribution in [-0.4, -0.2) is 51.0 Å². The van der Waals surface area contributed by atoms with E-state index in [2.05, 4.69) is 44.7 Å². The van der Waals surface area contributed by atoms with Crippen LogP contribution in [0, 0.1) is 11.8 Å². The summed E-state index contributed by atoms with van der Waals surface area (Å²) >= 11 is 1.46. The largest absolute Gasteiger partial charge is 0.334 e. The molecule has 3 atom stereocenters. The van der Waals surface area contributed by atoms with Crippen molar-refractivity contribution in [3.05, 3.63) is 42.2 Å². The van der Waals surface area contributed by atoms with Crippen LogP contribution < -0.4 is 5.32 Å². The fraction of sp³-hybridized carbons (Fsp3) is 0.471. The monoisotopic (exact) mass is 379 g/mol. The number of aromatic nitrogens is 3. The molecule has 0 bridgehead atoms. The minimum absolute atomic E-state index is 0. The van der Waals surface area contributed by atoms with Crippen LogP contribution in [-0.2, 0) is 11.8 Å². The molecule has 0 unspecified atom stereocenters. The molecule has 6 nitrogen and oxygen atoms in total. The molecule has 1 N–H and O–H groups in total. The van der Waals surface area contributed by atoms with E-state index in [4.69, 9.17) is 0 Å². The molecule has 4 rings (SSSR count). The van der Waals surface area contributed by atoms with Crippen LogP contribution in [0.3, 0.4) is 0 Å². The molecular formula is C17H22ClN5OS. The van der Waals surface area contributed by atoms with Gasteiger partial charge in [0, 0.05) is 32.6 Å². The fourth-order valence-corrected chi connectivity index (χ4v) is 4.64. The highest BCUT2D eigenvalue weighted by molar-refractivity contribution is 7.99. The molecule has 0 radical (unpaired) electrons. The number of rotatable bonds is 4. The molecule has 3 heterocycles. The molecule has 134 valence electrons. The summed E-state index contributed by atoms with van der Waals surface area (Å²) in [5, 5.41) is 12.2. The van der Waals surface area contributed by atoms with E-state index in [9.17, 15) is 4.79 Å². The molecule has 2 saturated heterocycles. The minimum Gasteiger partial charge on any atom is -0.334 e. The number of amides is 1. The van der Waals surface area contributed by atoms with E-state index in [0.717, 1.165) is 24.8 Å². The standard InChI is InChI=1S/C17H21N5OS.ClH/c1-21-11-19-20-17(21)24-10-15(23)22-9-13-7-18-8-14(13)16(22)12-5-3-2-4-6-12;/h2-6,11,13-14,16,18H,7-10H2,1H3;1H/t13-,14-,16+;/m0./s1. The van der Waals surface area contributed by atoms with Crippen molar-refractivity contribution in [1.29, 1.82) is 0 Å². The Balaban J connectivity index is 0.00000182. The number of carbonyl (C=O) groups is 1. The van der Waals surface area contributed by atoms with Crippen LogP contribution in [0.15, 0.2) is 41.8 Å². The van der Waals surface area contributed by atoms with Crippen LogP contribution in [0.2, 0.25) is 0 Å². The van der Waals surface area contributed by atoms with Gasteiger partial charge in [0.25, 0.3) is 0 Å². The molecule has 1 amide bonds. The quantitative estimate of drug-likeness (QED) is 0.820. The van der Waals surface area contributed by atoms with Crippen LogP contribution in [0.4, 0.5) is 0 Å². The highest BCUT2D eigenvalue weighted by Gasteiger charge is 2.46. The van der Waals surface area contributed by atoms with Gasteiger partial charge >= 0.3 is 0 Å². The normalized spacial score (nSPS) is 24.8. The van der Waals surface area contributed by atoms with Crippen molar-refractivity contribution >= 4 is 30.1 Å². The lowest BCUT2D eigenvalue weighted by Gasteiger charge is -2.28. The number of thioether (sulfide) groups is 1. The lowest BCUT2D eigenvalue weighted by Crippen LogP contribution is -2.35. The van der Waals surface area contributed by atoms with Gasteiger partial charge in [0.05, 0.1) is 11.8 Å². The van der Waals surface area contributed by atoms with Crippen molar-refractivity contribution in [2.75, 3.05) is 25.4 Å². The van der Waals surface area contributed by atoms with Crippen LogP contribution in [0.5, 0.6) is 0 Å². The summed E-state index contributed by atoms with van der Waals surface area (Å²) in [5.74, 6) is 1.66. The van der Waals surface area contributed by atoms with Crippen LogP contribution in [0.1, 0.15) is 11.6 Å². The molecule has 1 aromatic heterocycles. The third-order valence-electron chi connectivity index (χ3n) is 5.02. The highest BCUT2D eigenvalue weighted by atomic mass is 35.5. The summed E-state index contributed by atoms with van der Waals surface area (Å²) in [4.78, 5) is 15.0. The van der Waals surface area contributed by atoms with Crippen molar-refractivity contribution in [2.24, 2.45) is 18.9 Å². The molecule has 25 heavy (non-hydrogen) atoms. The smallest absolute Gasteiger partial charge is 0.233 e. The molecule has 8 heteroatoms. The van der Waals surface area contributed by atoms with Crippen LogP contribution >= 0.6 is 24.2 Å². The van der Waals surface area contributed by atoms with Gasteiger partial charge in [-0.25, -0.2) is 0 Å². The molecule has 1 aromatic carbocycles. The van der Waals surface area contributed by atoms with E-state index in [1.165, 1.54) is 17.3 Å². The second-order valence-corrected chi connectivity index (χ2v) is 7.44. The van der Waals surface area contributed by atoms with Gasteiger partial charge < -0.3 is 14.8 Å². The number of nitrogens with one attached hydrogen (secondary N) is 1. The van der Waals surface area contributed by atoms with Crippen molar-refractivity contribution in [3.63, 3.8) is 0 Å². The van der Waals surface area contributed by atoms with Gasteiger partial charge in [-0.15, -0.1) is 22.6 Å². The van der Waals surface area contributed by atoms with E-state index in [-0.39, 0.29) is 24.4 Å². The molecule has 2 fully saturated rings. The zero-order chi connectivity index (χ0) is 16.5. The Labute approximate surface area is 157 Å². The maximum absolute atomic E-state index is 12.9. The molecule has 0 saturated carbocycles. The maximum atomic E-state index is 12.9. The minimum atomic E-state index is 0. The van der Waals surface area contributed by atoms with Gasteiger partial charge in [0.1, 0.15) is 6.33 Å². The number of nitrogens with zero attached hydrogens (tertiary/aromatic N) is 4. The van der Waals surface area contributed by atoms with Gasteiger partial charge in [-0.2, -0.15) is 0 Å². The third kappa shape index (κ3) is 3.54. The number of likely N-dealkylation sites (tertiary alicyclic amines) is 1. The first kappa shape index (κ1) is 18.2. The zero-order valence-corrected chi connectivity index (χ0v) is 15.7. The van der Waals surface area contributed by atoms with E-state index in [1.54, 1.807) is 6.33 Å². The lowest BCUT2D eigenvalue weighted by molar-refractivity contribution is -0.129. The fourth-order valence-electron chi connectivity index (χ4n) is 3.87. The van der Waals surface area contributed by atoms with E-state index >= 15 is 0 Å². The predicted octanol–water partition coefficient (Wildman–Crippen LogP) is 1.75. The summed E-state index contributed by atoms with van der Waals surface area (Å²) in [7, 11) is 1.89. The Morgan fingerprint density at radius 3 is 2.84 bits per heavy atom. The highest BCUT2D eigenvalue weighted by Crippen LogP contribution is 2.42. The average Bonchev–Trinajstić information content (AvgIpc) is 3.29. The number of benzene rings is 1. The van der Waals surface area contributed by atoms with Gasteiger partial charge in [-0.05, 0) is 11.5 Å². The van der Waals surface area contributed by atoms with E-state index < -0.39 is 0 Å². The molecule has 0 aliphatic carbocycles. The SMILES string of the molecule is Cl.Cn1cnnc1SCC(=O)N1C[C@@H]2CNC[C@@H]2[C@H]1c1ccccc1. The van der Waals surface area contributed by atoms with E-state index in [0.29, 0.717) is 17.6 Å². The van der Waals surface area contributed by atoms with E-state index in [1.807, 2.05) is 17.7 Å². The Morgan fingerprint density at radius 1 is 1.32 bits per heavy atom. The zero-order valence-electron chi connectivity index (χ0n) is 14.0. The van der Waals surface area contributed by atoms with Gasteiger partial charge in [0.15, 0.2) is 5.16 Å². The Morgan fingerprint density at radius 2 is 2.12 bits per heavy atom. The van der Waals surface area contributed by atoms with Gasteiger partial charge in [-0.3, -0.25) is 4.79 Å². The summed E-state index contributed by atoms with van der Waals surface area (Å²) in [5.41, 5.74) is 1.24. The maximum Gasteiger partial charge on any atom is 0.233 e. The second kappa shape index (κ2) is 7.76. The molecule has 2 aromatic rings. The predicted molar refractivity (Wildman–Crippen MR) is 99.7 cm³/mol. The number of carbonyl (C=O) groups excluding carboxylic acids is 1. The first-order chi connectivity index (χ1) is 11.7. The first-order valence-electron chi connectivity index (χ1n) is 8.26. The van der Waals surface area contributed by atoms with Crippen molar-refractivity contribution in [2.45, 2.75) is 11.2 Å². The molecule has 2 aliphatic heterocycles. The number of hydrogen-bond acceptors (Lipinski definition) is 5. The second-order valence-electron chi connectivity index (χ2n) is 6.50. The third-order valence-corrected chi connectivity index (χ3v) is 6.04. The Bertz CT molecular complexity index is 725. The summed E-state index contributed by atoms with van der Waals surface area (Å²) < 4.78 is 1.84. The van der Waals surface area contributed by atoms with Crippen LogP contribution in [0.25, 0.3) is 0 Å². The lowest BCUT2D eigenvalue weighted by atomic mass is 9.89. The number of hydrogen-bond donors (Lipinski definition) is 1. The van der Waals surface area contributed by atoms with Crippen molar-refractivity contribution in [1.82, 2.24) is 25.0 Å². The van der Waals surface area contributed by atoms with Crippen molar-refractivity contribution in [3.8, 4) is 0 Å². The molecular weight excluding hydrogens is 358 g/mol. The van der Waals surface area contributed by atoms with Gasteiger partial charge in [0.2, 0.25) is 5.91 Å². The molecule has 2 aliphatic rings. The van der Waals surface area contributed by atoms with Gasteiger partial charge in [-0.1, -0.05) is 42.1 Å². The summed E-state index contributed by atoms with van der Waals surface area (Å²) in [6.45, 7) is 2.84.